The van der Waals surface area contributed by atoms with E-state index in [1.807, 2.05) is 0 Å². The first-order valence-electron chi connectivity index (χ1n) is 4.49. The molecule has 0 aromatic heterocycles. The number of alkyl halides is 2. The van der Waals surface area contributed by atoms with Gasteiger partial charge in [0.15, 0.2) is 0 Å². The number of benzene rings is 1. The molecule has 1 aromatic rings. The molecule has 5 heteroatoms. The van der Waals surface area contributed by atoms with Gasteiger partial charge in [0, 0.05) is 0 Å². The number of methoxy groups -OCH3 is 1. The average molecular weight is 217 g/mol. The highest BCUT2D eigenvalue weighted by molar-refractivity contribution is 5.40. The first-order chi connectivity index (χ1) is 7.17. The van der Waals surface area contributed by atoms with E-state index in [-0.39, 0.29) is 5.75 Å². The van der Waals surface area contributed by atoms with Crippen LogP contribution in [0.3, 0.4) is 0 Å². The van der Waals surface area contributed by atoms with Crippen LogP contribution in [0.4, 0.5) is 8.78 Å². The van der Waals surface area contributed by atoms with Crippen molar-refractivity contribution in [2.45, 2.75) is 13.0 Å². The molecule has 0 atom stereocenters. The fourth-order valence-electron chi connectivity index (χ4n) is 1.24. The van der Waals surface area contributed by atoms with E-state index >= 15 is 0 Å². The fraction of sp³-hybridized carbons (Fsp3) is 0.400. The van der Waals surface area contributed by atoms with Crippen molar-refractivity contribution in [1.29, 1.82) is 0 Å². The molecule has 15 heavy (non-hydrogen) atoms. The van der Waals surface area contributed by atoms with Gasteiger partial charge >= 0.3 is 6.61 Å². The molecule has 0 radical (unpaired) electrons. The molecule has 1 aromatic carbocycles. The summed E-state index contributed by atoms with van der Waals surface area (Å²) < 4.78 is 33.4. The first-order valence-corrected chi connectivity index (χ1v) is 4.49. The topological polar surface area (TPSA) is 44.5 Å². The van der Waals surface area contributed by atoms with Gasteiger partial charge in [0.2, 0.25) is 0 Å². The van der Waals surface area contributed by atoms with E-state index in [1.165, 1.54) is 13.2 Å². The van der Waals surface area contributed by atoms with Crippen LogP contribution in [0.1, 0.15) is 5.56 Å². The summed E-state index contributed by atoms with van der Waals surface area (Å²) in [5, 5.41) is 0. The Morgan fingerprint density at radius 2 is 2.13 bits per heavy atom. The van der Waals surface area contributed by atoms with Crippen LogP contribution in [-0.2, 0) is 6.42 Å². The summed E-state index contributed by atoms with van der Waals surface area (Å²) in [6.45, 7) is -2.46. The molecule has 0 aliphatic rings. The molecular formula is C10H13F2NO2. The highest BCUT2D eigenvalue weighted by atomic mass is 19.3. The molecule has 84 valence electrons. The molecule has 0 saturated carbocycles. The highest BCUT2D eigenvalue weighted by Crippen LogP contribution is 2.25. The van der Waals surface area contributed by atoms with Crippen molar-refractivity contribution < 1.29 is 18.3 Å². The highest BCUT2D eigenvalue weighted by Gasteiger charge is 2.10. The third-order valence-corrected chi connectivity index (χ3v) is 1.90. The number of hydrogen-bond acceptors (Lipinski definition) is 3. The van der Waals surface area contributed by atoms with Gasteiger partial charge in [-0.05, 0) is 36.7 Å². The molecule has 0 bridgehead atoms. The summed E-state index contributed by atoms with van der Waals surface area (Å²) in [6.07, 6.45) is 0.471. The summed E-state index contributed by atoms with van der Waals surface area (Å²) in [5.74, 6) is 0.747. The van der Waals surface area contributed by atoms with Crippen molar-refractivity contribution >= 4 is 0 Å². The second-order valence-electron chi connectivity index (χ2n) is 2.89. The van der Waals surface area contributed by atoms with Crippen LogP contribution in [0, 0.1) is 0 Å². The van der Waals surface area contributed by atoms with Gasteiger partial charge in [-0.3, -0.25) is 0 Å². The predicted molar refractivity (Wildman–Crippen MR) is 52.4 cm³/mol. The monoisotopic (exact) mass is 217 g/mol. The summed E-state index contributed by atoms with van der Waals surface area (Å²) >= 11 is 0. The maximum absolute atomic E-state index is 12.0. The van der Waals surface area contributed by atoms with Gasteiger partial charge in [-0.15, -0.1) is 0 Å². The molecule has 1 rings (SSSR count). The molecule has 0 amide bonds. The zero-order chi connectivity index (χ0) is 11.3. The van der Waals surface area contributed by atoms with E-state index < -0.39 is 6.61 Å². The normalized spacial score (nSPS) is 10.5. The van der Waals surface area contributed by atoms with Crippen molar-refractivity contribution in [3.8, 4) is 11.5 Å². The van der Waals surface area contributed by atoms with Crippen LogP contribution in [0.2, 0.25) is 0 Å². The lowest BCUT2D eigenvalue weighted by atomic mass is 10.1. The maximum atomic E-state index is 12.0. The molecule has 0 saturated heterocycles. The minimum absolute atomic E-state index is 0.149. The first kappa shape index (κ1) is 11.7. The van der Waals surface area contributed by atoms with Gasteiger partial charge in [0.1, 0.15) is 11.5 Å². The lowest BCUT2D eigenvalue weighted by molar-refractivity contribution is -0.0504. The van der Waals surface area contributed by atoms with Crippen LogP contribution < -0.4 is 15.2 Å². The van der Waals surface area contributed by atoms with Crippen LogP contribution >= 0.6 is 0 Å². The predicted octanol–water partition coefficient (Wildman–Crippen LogP) is 1.80. The van der Waals surface area contributed by atoms with Gasteiger partial charge in [-0.1, -0.05) is 0 Å². The molecule has 0 aliphatic heterocycles. The van der Waals surface area contributed by atoms with Gasteiger partial charge in [-0.25, -0.2) is 0 Å². The van der Waals surface area contributed by atoms with Gasteiger partial charge in [-0.2, -0.15) is 8.78 Å². The third-order valence-electron chi connectivity index (χ3n) is 1.90. The van der Waals surface area contributed by atoms with Crippen LogP contribution in [0.15, 0.2) is 18.2 Å². The number of rotatable bonds is 5. The standard InChI is InChI=1S/C10H13F2NO2/c1-14-8-2-3-9(15-10(11)12)7(6-8)4-5-13/h2-3,6,10H,4-5,13H2,1H3. The molecule has 3 nitrogen and oxygen atoms in total. The summed E-state index contributed by atoms with van der Waals surface area (Å²) in [6, 6.07) is 4.66. The third kappa shape index (κ3) is 3.36. The number of nitrogens with two attached hydrogens (primary N) is 1. The van der Waals surface area contributed by atoms with Crippen LogP contribution in [-0.4, -0.2) is 20.3 Å². The van der Waals surface area contributed by atoms with E-state index in [4.69, 9.17) is 10.5 Å². The van der Waals surface area contributed by atoms with E-state index in [2.05, 4.69) is 4.74 Å². The van der Waals surface area contributed by atoms with Gasteiger partial charge in [0.05, 0.1) is 7.11 Å². The number of halogens is 2. The lowest BCUT2D eigenvalue weighted by Gasteiger charge is -2.11. The van der Waals surface area contributed by atoms with Crippen molar-refractivity contribution in [2.24, 2.45) is 5.73 Å². The average Bonchev–Trinajstić information content (AvgIpc) is 2.20. The summed E-state index contributed by atoms with van der Waals surface area (Å²) in [7, 11) is 1.51. The number of ether oxygens (including phenoxy) is 2. The van der Waals surface area contributed by atoms with Crippen LogP contribution in [0.5, 0.6) is 11.5 Å². The zero-order valence-corrected chi connectivity index (χ0v) is 8.37. The zero-order valence-electron chi connectivity index (χ0n) is 8.37. The quantitative estimate of drug-likeness (QED) is 0.817. The molecule has 2 N–H and O–H groups in total. The molecule has 0 unspecified atom stereocenters. The van der Waals surface area contributed by atoms with Gasteiger partial charge in [0.25, 0.3) is 0 Å². The lowest BCUT2D eigenvalue weighted by Crippen LogP contribution is -2.08. The molecule has 0 aliphatic carbocycles. The Bertz CT molecular complexity index is 318. The van der Waals surface area contributed by atoms with Gasteiger partial charge < -0.3 is 15.2 Å². The Morgan fingerprint density at radius 1 is 1.40 bits per heavy atom. The van der Waals surface area contributed by atoms with E-state index in [1.54, 1.807) is 12.1 Å². The van der Waals surface area contributed by atoms with E-state index in [0.717, 1.165) is 0 Å². The molecule has 0 fully saturated rings. The van der Waals surface area contributed by atoms with Crippen molar-refractivity contribution in [3.63, 3.8) is 0 Å². The largest absolute Gasteiger partial charge is 0.497 e. The van der Waals surface area contributed by atoms with Crippen molar-refractivity contribution in [1.82, 2.24) is 0 Å². The molecular weight excluding hydrogens is 204 g/mol. The van der Waals surface area contributed by atoms with Crippen molar-refractivity contribution in [2.75, 3.05) is 13.7 Å². The summed E-state index contributed by atoms with van der Waals surface area (Å²) in [4.78, 5) is 0. The smallest absolute Gasteiger partial charge is 0.387 e. The Morgan fingerprint density at radius 3 is 2.67 bits per heavy atom. The molecule has 0 heterocycles. The second-order valence-corrected chi connectivity index (χ2v) is 2.89. The SMILES string of the molecule is COc1ccc(OC(F)F)c(CCN)c1. The Labute approximate surface area is 86.8 Å². The summed E-state index contributed by atoms with van der Waals surface area (Å²) in [5.41, 5.74) is 5.99. The van der Waals surface area contributed by atoms with E-state index in [9.17, 15) is 8.78 Å². The second kappa shape index (κ2) is 5.50. The maximum Gasteiger partial charge on any atom is 0.387 e. The van der Waals surface area contributed by atoms with Crippen LogP contribution in [0.25, 0.3) is 0 Å². The molecule has 0 spiro atoms. The Balaban J connectivity index is 2.92. The Kier molecular flexibility index (Phi) is 4.30. The van der Waals surface area contributed by atoms with E-state index in [0.29, 0.717) is 24.3 Å². The fourth-order valence-corrected chi connectivity index (χ4v) is 1.24. The van der Waals surface area contributed by atoms with Crippen molar-refractivity contribution in [3.05, 3.63) is 23.8 Å². The minimum atomic E-state index is -2.82. The number of hydrogen-bond donors (Lipinski definition) is 1. The minimum Gasteiger partial charge on any atom is -0.497 e. The Hall–Kier alpha value is -1.36.